The summed E-state index contributed by atoms with van der Waals surface area (Å²) in [5, 5.41) is 5.00. The Hall–Kier alpha value is -2.98. The normalized spacial score (nSPS) is 12.1. The number of hydrogen-bond acceptors (Lipinski definition) is 5. The number of amides is 2. The van der Waals surface area contributed by atoms with Crippen molar-refractivity contribution in [1.29, 1.82) is 0 Å². The zero-order valence-electron chi connectivity index (χ0n) is 16.2. The van der Waals surface area contributed by atoms with Crippen LogP contribution < -0.4 is 15.4 Å². The third-order valence-corrected chi connectivity index (χ3v) is 5.50. The van der Waals surface area contributed by atoms with Crippen LogP contribution in [0, 0.1) is 12.7 Å². The number of ether oxygens (including phenoxy) is 1. The van der Waals surface area contributed by atoms with Gasteiger partial charge in [0.15, 0.2) is 0 Å². The van der Waals surface area contributed by atoms with Gasteiger partial charge in [-0.15, -0.1) is 0 Å². The monoisotopic (exact) mass is 423 g/mol. The molecule has 0 unspecified atom stereocenters. The number of carbonyl (C=O) groups is 2. The lowest BCUT2D eigenvalue weighted by Crippen LogP contribution is -2.41. The van der Waals surface area contributed by atoms with Gasteiger partial charge in [-0.05, 0) is 55.8 Å². The molecule has 2 rings (SSSR count). The van der Waals surface area contributed by atoms with Crippen molar-refractivity contribution >= 4 is 27.7 Å². The van der Waals surface area contributed by atoms with E-state index >= 15 is 0 Å². The molecule has 2 aromatic carbocycles. The van der Waals surface area contributed by atoms with E-state index in [1.165, 1.54) is 49.6 Å². The molecule has 0 aliphatic carbocycles. The van der Waals surface area contributed by atoms with Gasteiger partial charge in [-0.3, -0.25) is 4.79 Å². The Labute approximate surface area is 168 Å². The average molecular weight is 423 g/mol. The Kier molecular flexibility index (Phi) is 7.29. The second-order valence-electron chi connectivity index (χ2n) is 6.34. The van der Waals surface area contributed by atoms with Crippen LogP contribution in [-0.2, 0) is 14.8 Å². The summed E-state index contributed by atoms with van der Waals surface area (Å²) < 4.78 is 45.3. The molecule has 1 atom stereocenters. The highest BCUT2D eigenvalue weighted by molar-refractivity contribution is 7.89. The van der Waals surface area contributed by atoms with Crippen molar-refractivity contribution in [2.24, 2.45) is 0 Å². The lowest BCUT2D eigenvalue weighted by molar-refractivity contribution is 0.102. The number of aryl methyl sites for hydroxylation is 1. The molecule has 2 aromatic rings. The fraction of sp³-hybridized carbons (Fsp3) is 0.263. The molecule has 10 heteroatoms. The lowest BCUT2D eigenvalue weighted by atomic mass is 10.2. The molecule has 0 aliphatic heterocycles. The molecule has 0 radical (unpaired) electrons. The van der Waals surface area contributed by atoms with Gasteiger partial charge in [0.05, 0.1) is 12.0 Å². The van der Waals surface area contributed by atoms with Crippen LogP contribution in [0.4, 0.5) is 14.9 Å². The molecule has 8 nitrogen and oxygen atoms in total. The predicted octanol–water partition coefficient (Wildman–Crippen LogP) is 2.41. The highest BCUT2D eigenvalue weighted by Gasteiger charge is 2.19. The largest absolute Gasteiger partial charge is 0.453 e. The Balaban J connectivity index is 2.11. The molecule has 0 spiro atoms. The summed E-state index contributed by atoms with van der Waals surface area (Å²) in [6.07, 6.45) is -0.675. The molecule has 0 saturated heterocycles. The molecular formula is C19H22FN3O5S. The van der Waals surface area contributed by atoms with Crippen molar-refractivity contribution in [3.8, 4) is 0 Å². The van der Waals surface area contributed by atoms with Gasteiger partial charge >= 0.3 is 6.09 Å². The molecule has 29 heavy (non-hydrogen) atoms. The number of nitrogens with one attached hydrogen (secondary N) is 3. The summed E-state index contributed by atoms with van der Waals surface area (Å²) in [4.78, 5) is 23.4. The number of hydrogen-bond donors (Lipinski definition) is 3. The maximum atomic E-state index is 13.4. The first-order valence-electron chi connectivity index (χ1n) is 8.64. The summed E-state index contributed by atoms with van der Waals surface area (Å²) in [6, 6.07) is 9.00. The van der Waals surface area contributed by atoms with Crippen LogP contribution in [0.15, 0.2) is 47.4 Å². The van der Waals surface area contributed by atoms with Crippen molar-refractivity contribution in [2.45, 2.75) is 24.8 Å². The molecule has 0 aromatic heterocycles. The quantitative estimate of drug-likeness (QED) is 0.633. The summed E-state index contributed by atoms with van der Waals surface area (Å²) in [6.45, 7) is 3.16. The number of carbonyl (C=O) groups excluding carboxylic acids is 2. The Morgan fingerprint density at radius 2 is 1.90 bits per heavy atom. The van der Waals surface area contributed by atoms with Crippen LogP contribution in [0.5, 0.6) is 0 Å². The van der Waals surface area contributed by atoms with Crippen molar-refractivity contribution in [2.75, 3.05) is 19.0 Å². The third kappa shape index (κ3) is 6.26. The van der Waals surface area contributed by atoms with Gasteiger partial charge in [-0.25, -0.2) is 22.3 Å². The summed E-state index contributed by atoms with van der Waals surface area (Å²) in [5.74, 6) is -0.925. The van der Waals surface area contributed by atoms with Crippen molar-refractivity contribution in [1.82, 2.24) is 10.0 Å². The summed E-state index contributed by atoms with van der Waals surface area (Å²) in [7, 11) is -2.72. The van der Waals surface area contributed by atoms with E-state index in [2.05, 4.69) is 20.1 Å². The van der Waals surface area contributed by atoms with E-state index in [0.717, 1.165) is 0 Å². The molecule has 0 aliphatic rings. The highest BCUT2D eigenvalue weighted by atomic mass is 32.2. The summed E-state index contributed by atoms with van der Waals surface area (Å²) >= 11 is 0. The molecule has 0 fully saturated rings. The highest BCUT2D eigenvalue weighted by Crippen LogP contribution is 2.17. The molecule has 0 bridgehead atoms. The molecule has 0 heterocycles. The molecule has 156 valence electrons. The topological polar surface area (TPSA) is 114 Å². The number of halogens is 1. The van der Waals surface area contributed by atoms with E-state index in [9.17, 15) is 22.4 Å². The standard InChI is InChI=1S/C19H22FN3O5S/c1-12-9-15(7-8-17(12)20)22-18(24)14-5-4-6-16(10-14)29(26,27)23-13(2)11-21-19(25)28-3/h4-10,13,23H,11H2,1-3H3,(H,21,25)(H,22,24)/t13-/m1/s1. The van der Waals surface area contributed by atoms with Gasteiger partial charge in [-0.1, -0.05) is 6.07 Å². The minimum Gasteiger partial charge on any atom is -0.453 e. The first-order valence-corrected chi connectivity index (χ1v) is 10.1. The minimum atomic E-state index is -3.93. The maximum Gasteiger partial charge on any atom is 0.406 e. The van der Waals surface area contributed by atoms with Gasteiger partial charge < -0.3 is 15.4 Å². The second kappa shape index (κ2) is 9.48. The van der Waals surface area contributed by atoms with Crippen molar-refractivity contribution in [3.05, 3.63) is 59.4 Å². The zero-order valence-corrected chi connectivity index (χ0v) is 17.0. The fourth-order valence-electron chi connectivity index (χ4n) is 2.41. The number of anilines is 1. The predicted molar refractivity (Wildman–Crippen MR) is 106 cm³/mol. The van der Waals surface area contributed by atoms with E-state index in [0.29, 0.717) is 11.3 Å². The third-order valence-electron chi connectivity index (χ3n) is 3.92. The van der Waals surface area contributed by atoms with Gasteiger partial charge in [0, 0.05) is 23.8 Å². The van der Waals surface area contributed by atoms with E-state index in [4.69, 9.17) is 0 Å². The molecule has 0 saturated carbocycles. The first kappa shape index (κ1) is 22.3. The number of sulfonamides is 1. The second-order valence-corrected chi connectivity index (χ2v) is 8.05. The van der Waals surface area contributed by atoms with E-state index < -0.39 is 33.9 Å². The van der Waals surface area contributed by atoms with Crippen molar-refractivity contribution < 1.29 is 27.1 Å². The minimum absolute atomic E-state index is 0.0238. The maximum absolute atomic E-state index is 13.4. The Morgan fingerprint density at radius 3 is 2.55 bits per heavy atom. The molecule has 2 amide bonds. The fourth-order valence-corrected chi connectivity index (χ4v) is 3.70. The van der Waals surface area contributed by atoms with Crippen molar-refractivity contribution in [3.63, 3.8) is 0 Å². The first-order chi connectivity index (χ1) is 13.6. The van der Waals surface area contributed by atoms with Crippen LogP contribution in [0.3, 0.4) is 0 Å². The number of alkyl carbamates (subject to hydrolysis) is 1. The number of benzene rings is 2. The van der Waals surface area contributed by atoms with Crippen LogP contribution in [0.1, 0.15) is 22.8 Å². The van der Waals surface area contributed by atoms with Gasteiger partial charge in [0.2, 0.25) is 10.0 Å². The number of methoxy groups -OCH3 is 1. The van der Waals surface area contributed by atoms with Crippen LogP contribution >= 0.6 is 0 Å². The molecule has 3 N–H and O–H groups in total. The van der Waals surface area contributed by atoms with E-state index in [-0.39, 0.29) is 17.0 Å². The zero-order chi connectivity index (χ0) is 21.6. The summed E-state index contributed by atoms with van der Waals surface area (Å²) in [5.41, 5.74) is 0.885. The SMILES string of the molecule is COC(=O)NC[C@@H](C)NS(=O)(=O)c1cccc(C(=O)Nc2ccc(F)c(C)c2)c1. The molecular weight excluding hydrogens is 401 g/mol. The smallest absolute Gasteiger partial charge is 0.406 e. The van der Waals surface area contributed by atoms with E-state index in [1.54, 1.807) is 13.8 Å². The van der Waals surface area contributed by atoms with E-state index in [1.807, 2.05) is 0 Å². The van der Waals surface area contributed by atoms with Gasteiger partial charge in [-0.2, -0.15) is 0 Å². The number of rotatable bonds is 7. The van der Waals surface area contributed by atoms with Crippen LogP contribution in [-0.4, -0.2) is 40.1 Å². The van der Waals surface area contributed by atoms with Gasteiger partial charge in [0.1, 0.15) is 5.82 Å². The Morgan fingerprint density at radius 1 is 1.17 bits per heavy atom. The van der Waals surface area contributed by atoms with Crippen LogP contribution in [0.25, 0.3) is 0 Å². The average Bonchev–Trinajstić information content (AvgIpc) is 2.68. The van der Waals surface area contributed by atoms with Gasteiger partial charge in [0.25, 0.3) is 5.91 Å². The Bertz CT molecular complexity index is 1010. The van der Waals surface area contributed by atoms with Crippen LogP contribution in [0.2, 0.25) is 0 Å². The lowest BCUT2D eigenvalue weighted by Gasteiger charge is -2.15.